The molecule has 1 atom stereocenters. The Morgan fingerprint density at radius 2 is 2.26 bits per heavy atom. The number of hydrogen-bond acceptors (Lipinski definition) is 4. The Balaban J connectivity index is 1.82. The lowest BCUT2D eigenvalue weighted by molar-refractivity contribution is 0.154. The number of pyridine rings is 1. The van der Waals surface area contributed by atoms with Gasteiger partial charge < -0.3 is 10.6 Å². The molecule has 0 amide bonds. The molecular formula is C14H21N5. The number of aromatic nitrogens is 3. The number of nitrogen functional groups attached to an aromatic ring is 1. The largest absolute Gasteiger partial charge is 0.384 e. The van der Waals surface area contributed by atoms with Crippen LogP contribution < -0.4 is 5.73 Å². The highest BCUT2D eigenvalue weighted by molar-refractivity contribution is 5.45. The number of likely N-dealkylation sites (N-methyl/N-ethyl adjacent to an activating group) is 1. The van der Waals surface area contributed by atoms with Gasteiger partial charge in [-0.15, -0.1) is 5.10 Å². The van der Waals surface area contributed by atoms with Crippen LogP contribution in [-0.2, 0) is 6.42 Å². The van der Waals surface area contributed by atoms with Gasteiger partial charge in [0, 0.05) is 12.5 Å². The molecule has 3 rings (SSSR count). The van der Waals surface area contributed by atoms with Crippen LogP contribution in [-0.4, -0.2) is 38.6 Å². The van der Waals surface area contributed by atoms with Gasteiger partial charge in [-0.2, -0.15) is 4.52 Å². The standard InChI is InChI=1S/C14H21N5/c1-2-18-9-4-3-6-11(18)10-13-16-14-8-5-7-12(15)19(14)17-13/h5,7-8,11H,2-4,6,9-10,15H2,1H3. The van der Waals surface area contributed by atoms with Crippen LogP contribution in [0.4, 0.5) is 5.82 Å². The summed E-state index contributed by atoms with van der Waals surface area (Å²) in [4.78, 5) is 7.12. The molecule has 0 aliphatic carbocycles. The smallest absolute Gasteiger partial charge is 0.157 e. The lowest BCUT2D eigenvalue weighted by Crippen LogP contribution is -2.40. The van der Waals surface area contributed by atoms with E-state index in [1.54, 1.807) is 4.52 Å². The molecule has 2 aromatic heterocycles. The maximum atomic E-state index is 5.91. The number of rotatable bonds is 3. The van der Waals surface area contributed by atoms with E-state index < -0.39 is 0 Å². The van der Waals surface area contributed by atoms with E-state index in [-0.39, 0.29) is 0 Å². The van der Waals surface area contributed by atoms with Gasteiger partial charge in [0.25, 0.3) is 0 Å². The fraction of sp³-hybridized carbons (Fsp3) is 0.571. The van der Waals surface area contributed by atoms with Crippen LogP contribution in [0.2, 0.25) is 0 Å². The van der Waals surface area contributed by atoms with E-state index in [1.165, 1.54) is 25.8 Å². The molecule has 1 aliphatic heterocycles. The van der Waals surface area contributed by atoms with Gasteiger partial charge in [-0.05, 0) is 38.1 Å². The SMILES string of the molecule is CCN1CCCCC1Cc1nc2cccc(N)n2n1. The van der Waals surface area contributed by atoms with Crippen molar-refractivity contribution in [3.63, 3.8) is 0 Å². The Bertz CT molecular complexity index is 562. The molecule has 5 nitrogen and oxygen atoms in total. The fourth-order valence-corrected chi connectivity index (χ4v) is 2.97. The fourth-order valence-electron chi connectivity index (χ4n) is 2.97. The summed E-state index contributed by atoms with van der Waals surface area (Å²) in [6.45, 7) is 4.55. The Hall–Kier alpha value is -1.62. The van der Waals surface area contributed by atoms with Gasteiger partial charge in [-0.1, -0.05) is 19.4 Å². The summed E-state index contributed by atoms with van der Waals surface area (Å²) in [5.41, 5.74) is 6.75. The van der Waals surface area contributed by atoms with Gasteiger partial charge in [0.05, 0.1) is 0 Å². The molecule has 0 bridgehead atoms. The highest BCUT2D eigenvalue weighted by Crippen LogP contribution is 2.19. The molecule has 19 heavy (non-hydrogen) atoms. The van der Waals surface area contributed by atoms with Crippen molar-refractivity contribution in [1.29, 1.82) is 0 Å². The molecule has 3 heterocycles. The summed E-state index contributed by atoms with van der Waals surface area (Å²) in [6, 6.07) is 6.30. The molecule has 2 N–H and O–H groups in total. The number of piperidine rings is 1. The number of fused-ring (bicyclic) bond motifs is 1. The maximum absolute atomic E-state index is 5.91. The lowest BCUT2D eigenvalue weighted by atomic mass is 9.99. The molecule has 102 valence electrons. The van der Waals surface area contributed by atoms with Gasteiger partial charge >= 0.3 is 0 Å². The minimum absolute atomic E-state index is 0.581. The van der Waals surface area contributed by atoms with Crippen LogP contribution in [0.15, 0.2) is 18.2 Å². The quantitative estimate of drug-likeness (QED) is 0.912. The summed E-state index contributed by atoms with van der Waals surface area (Å²) in [6.07, 6.45) is 4.81. The van der Waals surface area contributed by atoms with Crippen molar-refractivity contribution in [2.24, 2.45) is 0 Å². The first kappa shape index (κ1) is 12.4. The van der Waals surface area contributed by atoms with Crippen LogP contribution >= 0.6 is 0 Å². The second-order valence-electron chi connectivity index (χ2n) is 5.23. The minimum Gasteiger partial charge on any atom is -0.384 e. The highest BCUT2D eigenvalue weighted by Gasteiger charge is 2.22. The van der Waals surface area contributed by atoms with Gasteiger partial charge in [0.15, 0.2) is 11.5 Å². The first-order valence-electron chi connectivity index (χ1n) is 7.12. The molecule has 0 spiro atoms. The van der Waals surface area contributed by atoms with E-state index in [2.05, 4.69) is 21.9 Å². The van der Waals surface area contributed by atoms with Crippen molar-refractivity contribution in [3.8, 4) is 0 Å². The van der Waals surface area contributed by atoms with Crippen molar-refractivity contribution >= 4 is 11.5 Å². The minimum atomic E-state index is 0.581. The van der Waals surface area contributed by atoms with E-state index in [0.29, 0.717) is 11.9 Å². The van der Waals surface area contributed by atoms with Crippen LogP contribution in [0.5, 0.6) is 0 Å². The second kappa shape index (κ2) is 5.17. The Labute approximate surface area is 113 Å². The second-order valence-corrected chi connectivity index (χ2v) is 5.23. The zero-order valence-electron chi connectivity index (χ0n) is 11.4. The third-order valence-electron chi connectivity index (χ3n) is 4.01. The van der Waals surface area contributed by atoms with Crippen molar-refractivity contribution < 1.29 is 0 Å². The number of hydrogen-bond donors (Lipinski definition) is 1. The average Bonchev–Trinajstić information content (AvgIpc) is 2.83. The third kappa shape index (κ3) is 2.42. The zero-order valence-corrected chi connectivity index (χ0v) is 11.4. The first-order chi connectivity index (χ1) is 9.28. The van der Waals surface area contributed by atoms with Crippen LogP contribution in [0.1, 0.15) is 32.0 Å². The van der Waals surface area contributed by atoms with Crippen LogP contribution in [0.3, 0.4) is 0 Å². The van der Waals surface area contributed by atoms with E-state index >= 15 is 0 Å². The number of nitrogens with two attached hydrogens (primary N) is 1. The maximum Gasteiger partial charge on any atom is 0.157 e. The van der Waals surface area contributed by atoms with Crippen molar-refractivity contribution in [3.05, 3.63) is 24.0 Å². The summed E-state index contributed by atoms with van der Waals surface area (Å²) < 4.78 is 1.73. The van der Waals surface area contributed by atoms with E-state index in [1.807, 2.05) is 18.2 Å². The van der Waals surface area contributed by atoms with Crippen LogP contribution in [0, 0.1) is 0 Å². The predicted molar refractivity (Wildman–Crippen MR) is 76.0 cm³/mol. The molecule has 5 heteroatoms. The first-order valence-corrected chi connectivity index (χ1v) is 7.12. The Morgan fingerprint density at radius 1 is 1.37 bits per heavy atom. The van der Waals surface area contributed by atoms with Gasteiger partial charge in [-0.3, -0.25) is 0 Å². The predicted octanol–water partition coefficient (Wildman–Crippen LogP) is 1.73. The topological polar surface area (TPSA) is 59.5 Å². The lowest BCUT2D eigenvalue weighted by Gasteiger charge is -2.34. The Kier molecular flexibility index (Phi) is 3.38. The van der Waals surface area contributed by atoms with Crippen molar-refractivity contribution in [2.75, 3.05) is 18.8 Å². The molecule has 1 aliphatic rings. The normalized spacial score (nSPS) is 21.0. The van der Waals surface area contributed by atoms with Crippen molar-refractivity contribution in [2.45, 2.75) is 38.6 Å². The molecule has 0 aromatic carbocycles. The van der Waals surface area contributed by atoms with E-state index in [9.17, 15) is 0 Å². The monoisotopic (exact) mass is 259 g/mol. The molecular weight excluding hydrogens is 238 g/mol. The van der Waals surface area contributed by atoms with E-state index in [4.69, 9.17) is 5.73 Å². The van der Waals surface area contributed by atoms with Gasteiger partial charge in [0.1, 0.15) is 5.82 Å². The number of nitrogens with zero attached hydrogens (tertiary/aromatic N) is 4. The van der Waals surface area contributed by atoms with Crippen molar-refractivity contribution in [1.82, 2.24) is 19.5 Å². The summed E-state index contributed by atoms with van der Waals surface area (Å²) in [5, 5.41) is 4.53. The number of anilines is 1. The number of likely N-dealkylation sites (tertiary alicyclic amines) is 1. The summed E-state index contributed by atoms with van der Waals surface area (Å²) in [5.74, 6) is 1.55. The third-order valence-corrected chi connectivity index (χ3v) is 4.01. The van der Waals surface area contributed by atoms with Crippen LogP contribution in [0.25, 0.3) is 5.65 Å². The molecule has 1 saturated heterocycles. The summed E-state index contributed by atoms with van der Waals surface area (Å²) in [7, 11) is 0. The molecule has 1 unspecified atom stereocenters. The molecule has 0 saturated carbocycles. The average molecular weight is 259 g/mol. The highest BCUT2D eigenvalue weighted by atomic mass is 15.3. The molecule has 1 fully saturated rings. The summed E-state index contributed by atoms with van der Waals surface area (Å²) >= 11 is 0. The van der Waals surface area contributed by atoms with Gasteiger partial charge in [0.2, 0.25) is 0 Å². The zero-order chi connectivity index (χ0) is 13.2. The molecule has 2 aromatic rings. The van der Waals surface area contributed by atoms with Gasteiger partial charge in [-0.25, -0.2) is 4.98 Å². The Morgan fingerprint density at radius 3 is 3.05 bits per heavy atom. The molecule has 0 radical (unpaired) electrons. The van der Waals surface area contributed by atoms with E-state index in [0.717, 1.165) is 24.4 Å².